The van der Waals surface area contributed by atoms with Gasteiger partial charge in [-0.1, -0.05) is 42.8 Å². The zero-order valence-electron chi connectivity index (χ0n) is 22.9. The molecule has 0 aromatic heterocycles. The predicted molar refractivity (Wildman–Crippen MR) is 152 cm³/mol. The third-order valence-corrected chi connectivity index (χ3v) is 5.99. The summed E-state index contributed by atoms with van der Waals surface area (Å²) in [5.74, 6) is -0.733. The van der Waals surface area contributed by atoms with Crippen LogP contribution in [0.3, 0.4) is 0 Å². The molecule has 0 heterocycles. The van der Waals surface area contributed by atoms with E-state index in [2.05, 4.69) is 11.9 Å². The van der Waals surface area contributed by atoms with Crippen LogP contribution in [0.1, 0.15) is 77.6 Å². The Hall–Kier alpha value is -3.19. The monoisotopic (exact) mass is 531 g/mol. The lowest BCUT2D eigenvalue weighted by atomic mass is 10.0. The molecule has 1 aromatic carbocycles. The number of amides is 1. The van der Waals surface area contributed by atoms with Crippen LogP contribution in [-0.2, 0) is 4.79 Å². The second-order valence-corrected chi connectivity index (χ2v) is 9.68. The SMILES string of the molecule is C=C(CC)N(/C=C(N)/C(C)=C/C=C(\C)C[C@@H](CCC(=O)O)NC(=O)c1ccc(OC(C)C)c(Cl)c1)CC. The molecule has 0 bridgehead atoms. The highest BCUT2D eigenvalue weighted by molar-refractivity contribution is 6.32. The zero-order valence-corrected chi connectivity index (χ0v) is 23.7. The van der Waals surface area contributed by atoms with E-state index < -0.39 is 5.97 Å². The number of carboxylic acid groups (broad SMARTS) is 1. The van der Waals surface area contributed by atoms with Gasteiger partial charge in [-0.25, -0.2) is 0 Å². The molecule has 4 N–H and O–H groups in total. The number of nitrogens with one attached hydrogen (secondary N) is 1. The number of halogens is 1. The standard InChI is InChI=1S/C29H42ClN3O4/c1-8-22(7)33(9-2)18-26(31)21(6)11-10-20(5)16-24(13-15-28(34)35)32-29(36)23-12-14-27(25(30)17-23)37-19(3)4/h10-12,14,17-19,24H,7-9,13,15-16,31H2,1-6H3,(H,32,36)(H,34,35)/b20-10+,21-11+,26-18-/t24-/m1/s1. The first kappa shape index (κ1) is 31.8. The first-order valence-corrected chi connectivity index (χ1v) is 13.0. The maximum absolute atomic E-state index is 12.9. The lowest BCUT2D eigenvalue weighted by Crippen LogP contribution is -2.35. The maximum Gasteiger partial charge on any atom is 0.303 e. The van der Waals surface area contributed by atoms with E-state index in [1.54, 1.807) is 18.2 Å². The van der Waals surface area contributed by atoms with Gasteiger partial charge >= 0.3 is 5.97 Å². The van der Waals surface area contributed by atoms with Gasteiger partial charge in [-0.2, -0.15) is 0 Å². The van der Waals surface area contributed by atoms with E-state index in [1.165, 1.54) is 0 Å². The molecule has 1 aromatic rings. The Labute approximate surface area is 226 Å². The second-order valence-electron chi connectivity index (χ2n) is 9.27. The Morgan fingerprint density at radius 1 is 1.24 bits per heavy atom. The molecule has 0 radical (unpaired) electrons. The molecule has 37 heavy (non-hydrogen) atoms. The quantitative estimate of drug-likeness (QED) is 0.225. The molecule has 0 saturated heterocycles. The van der Waals surface area contributed by atoms with E-state index in [0.29, 0.717) is 34.9 Å². The van der Waals surface area contributed by atoms with Crippen LogP contribution in [0.5, 0.6) is 5.75 Å². The lowest BCUT2D eigenvalue weighted by molar-refractivity contribution is -0.137. The Kier molecular flexibility index (Phi) is 13.6. The van der Waals surface area contributed by atoms with Gasteiger partial charge in [0.05, 0.1) is 16.8 Å². The normalized spacial score (nSPS) is 13.4. The summed E-state index contributed by atoms with van der Waals surface area (Å²) >= 11 is 6.28. The molecule has 1 amide bonds. The van der Waals surface area contributed by atoms with Gasteiger partial charge in [0.15, 0.2) is 0 Å². The minimum absolute atomic E-state index is 0.0442. The van der Waals surface area contributed by atoms with Gasteiger partial charge < -0.3 is 25.8 Å². The number of benzene rings is 1. The summed E-state index contributed by atoms with van der Waals surface area (Å²) in [5, 5.41) is 12.5. The van der Waals surface area contributed by atoms with Gasteiger partial charge in [-0.15, -0.1) is 0 Å². The molecule has 0 spiro atoms. The van der Waals surface area contributed by atoms with Gasteiger partial charge in [-0.05, 0) is 77.7 Å². The highest BCUT2D eigenvalue weighted by Gasteiger charge is 2.17. The van der Waals surface area contributed by atoms with Crippen molar-refractivity contribution in [3.63, 3.8) is 0 Å². The Morgan fingerprint density at radius 2 is 1.92 bits per heavy atom. The molecule has 8 heteroatoms. The summed E-state index contributed by atoms with van der Waals surface area (Å²) in [6.45, 7) is 16.6. The first-order chi connectivity index (χ1) is 17.4. The van der Waals surface area contributed by atoms with E-state index in [0.717, 1.165) is 29.8 Å². The highest BCUT2D eigenvalue weighted by atomic mass is 35.5. The fourth-order valence-corrected chi connectivity index (χ4v) is 3.71. The number of rotatable bonds is 15. The van der Waals surface area contributed by atoms with Gasteiger partial charge in [0, 0.05) is 36.5 Å². The smallest absolute Gasteiger partial charge is 0.303 e. The Morgan fingerprint density at radius 3 is 2.46 bits per heavy atom. The van der Waals surface area contributed by atoms with Crippen LogP contribution in [0.25, 0.3) is 0 Å². The number of allylic oxidation sites excluding steroid dienone is 4. The molecule has 0 saturated carbocycles. The van der Waals surface area contributed by atoms with Crippen molar-refractivity contribution < 1.29 is 19.4 Å². The van der Waals surface area contributed by atoms with Gasteiger partial charge in [0.25, 0.3) is 5.91 Å². The number of ether oxygens (including phenoxy) is 1. The van der Waals surface area contributed by atoms with E-state index in [9.17, 15) is 14.7 Å². The van der Waals surface area contributed by atoms with E-state index >= 15 is 0 Å². The minimum atomic E-state index is -0.915. The number of hydrogen-bond donors (Lipinski definition) is 3. The summed E-state index contributed by atoms with van der Waals surface area (Å²) in [7, 11) is 0. The number of carbonyl (C=O) groups excluding carboxylic acids is 1. The maximum atomic E-state index is 12.9. The largest absolute Gasteiger partial charge is 0.489 e. The first-order valence-electron chi connectivity index (χ1n) is 12.6. The molecule has 0 unspecified atom stereocenters. The van der Waals surface area contributed by atoms with Crippen LogP contribution in [-0.4, -0.2) is 40.6 Å². The molecule has 0 aliphatic rings. The summed E-state index contributed by atoms with van der Waals surface area (Å²) in [6, 6.07) is 4.49. The summed E-state index contributed by atoms with van der Waals surface area (Å²) < 4.78 is 5.62. The lowest BCUT2D eigenvalue weighted by Gasteiger charge is -2.21. The highest BCUT2D eigenvalue weighted by Crippen LogP contribution is 2.26. The fourth-order valence-electron chi connectivity index (χ4n) is 3.48. The average Bonchev–Trinajstić information content (AvgIpc) is 2.84. The zero-order chi connectivity index (χ0) is 28.1. The minimum Gasteiger partial charge on any atom is -0.489 e. The van der Waals surface area contributed by atoms with E-state index in [4.69, 9.17) is 22.1 Å². The number of nitrogens with zero attached hydrogens (tertiary/aromatic N) is 1. The van der Waals surface area contributed by atoms with Crippen molar-refractivity contribution in [2.24, 2.45) is 5.73 Å². The number of aliphatic carboxylic acids is 1. The van der Waals surface area contributed by atoms with Crippen molar-refractivity contribution in [3.8, 4) is 5.75 Å². The third kappa shape index (κ3) is 11.6. The van der Waals surface area contributed by atoms with Crippen molar-refractivity contribution in [1.29, 1.82) is 0 Å². The second kappa shape index (κ2) is 15.8. The molecule has 7 nitrogen and oxygen atoms in total. The Bertz CT molecular complexity index is 1040. The van der Waals surface area contributed by atoms with Crippen LogP contribution in [0, 0.1) is 0 Å². The van der Waals surface area contributed by atoms with Gasteiger partial charge in [0.1, 0.15) is 5.75 Å². The molecule has 1 rings (SSSR count). The molecule has 0 aliphatic heterocycles. The average molecular weight is 532 g/mol. The van der Waals surface area contributed by atoms with Gasteiger partial charge in [-0.3, -0.25) is 9.59 Å². The molecule has 0 fully saturated rings. The molecule has 0 aliphatic carbocycles. The number of carboxylic acids is 1. The molecule has 204 valence electrons. The van der Waals surface area contributed by atoms with Crippen molar-refractivity contribution in [2.45, 2.75) is 79.4 Å². The molecule has 1 atom stereocenters. The van der Waals surface area contributed by atoms with Crippen molar-refractivity contribution in [2.75, 3.05) is 6.54 Å². The van der Waals surface area contributed by atoms with Crippen molar-refractivity contribution >= 4 is 23.5 Å². The van der Waals surface area contributed by atoms with Crippen LogP contribution < -0.4 is 15.8 Å². The van der Waals surface area contributed by atoms with Crippen molar-refractivity contribution in [3.05, 3.63) is 76.3 Å². The van der Waals surface area contributed by atoms with E-state index in [1.807, 2.05) is 64.8 Å². The topological polar surface area (TPSA) is 105 Å². The van der Waals surface area contributed by atoms with E-state index in [-0.39, 0.29) is 24.5 Å². The fraction of sp³-hybridized carbons (Fsp3) is 0.448. The predicted octanol–water partition coefficient (Wildman–Crippen LogP) is 6.42. The third-order valence-electron chi connectivity index (χ3n) is 5.69. The number of hydrogen-bond acceptors (Lipinski definition) is 5. The number of nitrogens with two attached hydrogens (primary N) is 1. The Balaban J connectivity index is 3.00. The summed E-state index contributed by atoms with van der Waals surface area (Å²) in [5.41, 5.74) is 10.2. The molecular formula is C29H42ClN3O4. The van der Waals surface area contributed by atoms with Crippen LogP contribution in [0.15, 0.2) is 65.7 Å². The van der Waals surface area contributed by atoms with Crippen molar-refractivity contribution in [1.82, 2.24) is 10.2 Å². The number of carbonyl (C=O) groups is 2. The summed E-state index contributed by atoms with van der Waals surface area (Å²) in [4.78, 5) is 26.1. The van der Waals surface area contributed by atoms with Crippen LogP contribution in [0.4, 0.5) is 0 Å². The summed E-state index contributed by atoms with van der Waals surface area (Å²) in [6.07, 6.45) is 7.27. The molecular weight excluding hydrogens is 490 g/mol. The van der Waals surface area contributed by atoms with Crippen LogP contribution >= 0.6 is 11.6 Å². The van der Waals surface area contributed by atoms with Crippen LogP contribution in [0.2, 0.25) is 5.02 Å². The van der Waals surface area contributed by atoms with Gasteiger partial charge in [0.2, 0.25) is 0 Å².